The van der Waals surface area contributed by atoms with E-state index in [-0.39, 0.29) is 34.6 Å². The van der Waals surface area contributed by atoms with Crippen LogP contribution >= 0.6 is 0 Å². The number of piperidine rings is 5. The van der Waals surface area contributed by atoms with E-state index in [0.717, 1.165) is 128 Å². The molecule has 24 heteroatoms. The van der Waals surface area contributed by atoms with Crippen molar-refractivity contribution in [2.24, 2.45) is 0 Å². The van der Waals surface area contributed by atoms with Gasteiger partial charge in [-0.2, -0.15) is 4.31 Å². The molecule has 10 heterocycles. The third-order valence-corrected chi connectivity index (χ3v) is 26.5. The monoisotopic (exact) mass is 1540 g/mol. The van der Waals surface area contributed by atoms with Gasteiger partial charge in [0.25, 0.3) is 0 Å². The van der Waals surface area contributed by atoms with Crippen LogP contribution in [0.1, 0.15) is 131 Å². The van der Waals surface area contributed by atoms with Crippen LogP contribution < -0.4 is 10.6 Å². The van der Waals surface area contributed by atoms with Gasteiger partial charge < -0.3 is 65.0 Å². The first-order valence-electron chi connectivity index (χ1n) is 39.4. The summed E-state index contributed by atoms with van der Waals surface area (Å²) in [5.41, 5.74) is 12.8. The molecule has 5 aromatic carbocycles. The minimum Gasteiger partial charge on any atom is -0.361 e. The number of carbonyl (C=O) groups excluding carboxylic acids is 3. The lowest BCUT2D eigenvalue weighted by Crippen LogP contribution is -2.49. The largest absolute Gasteiger partial charge is 0.361 e. The first kappa shape index (κ1) is 82.8. The Morgan fingerprint density at radius 2 is 0.755 bits per heavy atom. The number of para-hydroxylation sites is 5. The molecule has 5 aliphatic heterocycles. The van der Waals surface area contributed by atoms with Crippen molar-refractivity contribution in [1.29, 1.82) is 0 Å². The molecule has 5 aliphatic rings. The third-order valence-electron chi connectivity index (χ3n) is 23.8. The van der Waals surface area contributed by atoms with Crippen LogP contribution in [0.5, 0.6) is 0 Å². The number of likely N-dealkylation sites (tertiary alicyclic amines) is 3. The quantitative estimate of drug-likeness (QED) is 0.0450. The van der Waals surface area contributed by atoms with E-state index in [4.69, 9.17) is 0 Å². The maximum atomic E-state index is 12.0. The molecule has 5 fully saturated rings. The van der Waals surface area contributed by atoms with Crippen LogP contribution in [0.25, 0.3) is 54.5 Å². The molecule has 6 atom stereocenters. The smallest absolute Gasteiger partial charge is 0.219 e. The van der Waals surface area contributed by atoms with E-state index in [1.165, 1.54) is 83.8 Å². The molecule has 0 aliphatic carbocycles. The molecule has 3 amide bonds. The van der Waals surface area contributed by atoms with E-state index in [2.05, 4.69) is 233 Å². The number of amides is 3. The number of aromatic nitrogens is 5. The molecule has 0 radical (unpaired) electrons. The second-order valence-corrected chi connectivity index (χ2v) is 36.3. The number of nitrogens with zero attached hydrogens (tertiary/aromatic N) is 8. The fraction of sp³-hybridized carbons (Fsp3) is 0.500. The van der Waals surface area contributed by atoms with Gasteiger partial charge in [-0.1, -0.05) is 91.0 Å². The summed E-state index contributed by atoms with van der Waals surface area (Å²) in [7, 11) is 10.2. The highest BCUT2D eigenvalue weighted by molar-refractivity contribution is 7.88. The van der Waals surface area contributed by atoms with Gasteiger partial charge in [0, 0.05) is 214 Å². The van der Waals surface area contributed by atoms with E-state index in [1.54, 1.807) is 29.4 Å². The van der Waals surface area contributed by atoms with Crippen molar-refractivity contribution in [3.63, 3.8) is 0 Å². The zero-order chi connectivity index (χ0) is 78.7. The highest BCUT2D eigenvalue weighted by atomic mass is 32.2. The number of nitrogens with one attached hydrogen (secondary N) is 7. The van der Waals surface area contributed by atoms with Crippen molar-refractivity contribution in [1.82, 2.24) is 73.6 Å². The average molecular weight is 1540 g/mol. The Kier molecular flexibility index (Phi) is 27.5. The van der Waals surface area contributed by atoms with Crippen LogP contribution in [-0.4, -0.2) is 263 Å². The molecule has 0 saturated carbocycles. The number of H-pyrrole nitrogens is 5. The van der Waals surface area contributed by atoms with Crippen LogP contribution in [0.4, 0.5) is 0 Å². The number of fused-ring (bicyclic) bond motifs is 5. The van der Waals surface area contributed by atoms with Gasteiger partial charge in [0.15, 0.2) is 0 Å². The van der Waals surface area contributed by atoms with Crippen LogP contribution in [0, 0.1) is 0 Å². The van der Waals surface area contributed by atoms with Gasteiger partial charge in [-0.05, 0) is 196 Å². The van der Waals surface area contributed by atoms with Gasteiger partial charge in [-0.15, -0.1) is 0 Å². The van der Waals surface area contributed by atoms with Gasteiger partial charge in [0.2, 0.25) is 37.8 Å². The molecular formula is C86H121N15O7S2. The van der Waals surface area contributed by atoms with Crippen molar-refractivity contribution in [2.45, 2.75) is 132 Å². The Hall–Kier alpha value is -8.17. The van der Waals surface area contributed by atoms with Crippen molar-refractivity contribution < 1.29 is 31.2 Å². The zero-order valence-corrected chi connectivity index (χ0v) is 68.8. The lowest BCUT2D eigenvalue weighted by atomic mass is 9.72. The number of hydrogen-bond acceptors (Lipinski definition) is 12. The molecule has 15 rings (SSSR count). The number of benzene rings is 5. The summed E-state index contributed by atoms with van der Waals surface area (Å²) in [4.78, 5) is 64.9. The molecule has 5 saturated heterocycles. The van der Waals surface area contributed by atoms with Crippen LogP contribution in [0.15, 0.2) is 152 Å². The third kappa shape index (κ3) is 19.6. The molecule has 22 nitrogen and oxygen atoms in total. The highest BCUT2D eigenvalue weighted by Crippen LogP contribution is 2.44. The van der Waals surface area contributed by atoms with Crippen LogP contribution in [0.3, 0.4) is 0 Å². The summed E-state index contributed by atoms with van der Waals surface area (Å²) in [5.74, 6) is 2.02. The summed E-state index contributed by atoms with van der Waals surface area (Å²) in [6.07, 6.45) is 22.9. The average Bonchev–Trinajstić information content (AvgIpc) is 1.56. The van der Waals surface area contributed by atoms with E-state index < -0.39 is 20.0 Å². The summed E-state index contributed by atoms with van der Waals surface area (Å²) in [6.45, 7) is 14.6. The number of rotatable bonds is 17. The summed E-state index contributed by atoms with van der Waals surface area (Å²) in [5, 5.41) is 12.8. The Labute approximate surface area is 652 Å². The van der Waals surface area contributed by atoms with E-state index in [0.29, 0.717) is 56.0 Å². The highest BCUT2D eigenvalue weighted by Gasteiger charge is 2.42. The zero-order valence-electron chi connectivity index (χ0n) is 67.2. The van der Waals surface area contributed by atoms with Crippen LogP contribution in [-0.2, 0) is 45.3 Å². The predicted octanol–water partition coefficient (Wildman–Crippen LogP) is 11.8. The second-order valence-electron chi connectivity index (χ2n) is 32.4. The Morgan fingerprint density at radius 1 is 0.418 bits per heavy atom. The SMILES string of the molecule is CC(=O)N1CCC(CN(C)C)(c2c[nH]c3ccccc23)CC1.CC(=O)N1CCC(c2c[nH]c3ccccc23)CC1CN(C)C.CN(C)CC1(c2c[nH]c3ccccc23)CCN(S(C)(=O)=O)CC1.CNCC1CC(c2c[nH]c3ccccc23)CCN1C(C)=O.CNCC1CC(c2c[nH]c3ccccc23)CCN1S(C)(=O)=O. The van der Waals surface area contributed by atoms with Crippen molar-refractivity contribution in [3.05, 3.63) is 180 Å². The maximum Gasteiger partial charge on any atom is 0.219 e. The summed E-state index contributed by atoms with van der Waals surface area (Å²) in [6, 6.07) is 42.7. The molecule has 0 bridgehead atoms. The number of sulfonamides is 2. The van der Waals surface area contributed by atoms with E-state index in [9.17, 15) is 31.2 Å². The fourth-order valence-electron chi connectivity index (χ4n) is 18.7. The van der Waals surface area contributed by atoms with Crippen LogP contribution in [0.2, 0.25) is 0 Å². The minimum absolute atomic E-state index is 0.00963. The second kappa shape index (κ2) is 36.5. The van der Waals surface area contributed by atoms with Crippen molar-refractivity contribution >= 4 is 92.3 Å². The minimum atomic E-state index is -3.15. The van der Waals surface area contributed by atoms with Gasteiger partial charge in [0.05, 0.1) is 12.5 Å². The molecule has 10 aromatic rings. The van der Waals surface area contributed by atoms with Gasteiger partial charge in [0.1, 0.15) is 0 Å². The molecule has 7 N–H and O–H groups in total. The molecule has 6 unspecified atom stereocenters. The Bertz CT molecular complexity index is 4920. The molecule has 110 heavy (non-hydrogen) atoms. The molecule has 0 spiro atoms. The fourth-order valence-corrected chi connectivity index (χ4v) is 20.7. The standard InChI is InChI=1S/2C18H25N3O.C17H25N3O2S.C17H23N3O.C16H23N3O2S/c1-14(22)21-10-8-18(9-11-21,13-20(2)3)16-12-19-17-7-5-4-6-15(16)17;1-13(22)21-9-8-14(10-15(21)12-20(2)3)17-11-19-18-7-5-4-6-16(17)18;1-19(2)13-17(8-10-20(11-9-17)23(3,21)22)15-12-18-16-7-5-4-6-14(15)16;1-12(21)20-8-7-13(9-14(20)10-18-2)16-11-19-17-6-4-3-5-15(16)17;1-17-10-13-9-12(7-8-19(13)22(2,20)21)15-11-18-16-6-4-3-5-14(15)16/h4-7,12,19H,8-11,13H2,1-3H3;4-7,11,14-15,19H,8-10,12H2,1-3H3;4-7,12,18H,8-11,13H2,1-3H3;3-6,11,13-14,18-19H,7-10H2,1-2H3;3-6,11-13,17-18H,7-10H2,1-2H3. The topological polar surface area (TPSA) is 248 Å². The van der Waals surface area contributed by atoms with Gasteiger partial charge >= 0.3 is 0 Å². The van der Waals surface area contributed by atoms with E-state index in [1.807, 2.05) is 40.9 Å². The lowest BCUT2D eigenvalue weighted by Gasteiger charge is -2.43. The van der Waals surface area contributed by atoms with Gasteiger partial charge in [-0.25, -0.2) is 21.1 Å². The number of aromatic amines is 5. The summed E-state index contributed by atoms with van der Waals surface area (Å²) < 4.78 is 50.8. The Balaban J connectivity index is 0.000000136. The Morgan fingerprint density at radius 3 is 1.12 bits per heavy atom. The van der Waals surface area contributed by atoms with Crippen molar-refractivity contribution in [2.75, 3.05) is 147 Å². The van der Waals surface area contributed by atoms with Crippen molar-refractivity contribution in [3.8, 4) is 0 Å². The maximum absolute atomic E-state index is 12.0. The number of carbonyl (C=O) groups is 3. The first-order valence-corrected chi connectivity index (χ1v) is 43.1. The first-order chi connectivity index (χ1) is 52.6. The summed E-state index contributed by atoms with van der Waals surface area (Å²) >= 11 is 0. The van der Waals surface area contributed by atoms with Gasteiger partial charge in [-0.3, -0.25) is 14.4 Å². The predicted molar refractivity (Wildman–Crippen MR) is 449 cm³/mol. The van der Waals surface area contributed by atoms with E-state index >= 15 is 0 Å². The normalized spacial score (nSPS) is 21.3. The lowest BCUT2D eigenvalue weighted by molar-refractivity contribution is -0.133. The molecule has 594 valence electrons. The molecule has 5 aromatic heterocycles. The number of hydrogen-bond donors (Lipinski definition) is 7. The number of likely N-dealkylation sites (N-methyl/N-ethyl adjacent to an activating group) is 5. The molecular weight excluding hydrogens is 1420 g/mol.